The first-order valence-electron chi connectivity index (χ1n) is 17.8. The van der Waals surface area contributed by atoms with Crippen molar-refractivity contribution in [3.05, 3.63) is 46.5 Å². The van der Waals surface area contributed by atoms with E-state index in [9.17, 15) is 0 Å². The van der Waals surface area contributed by atoms with Crippen LogP contribution in [0.3, 0.4) is 0 Å². The van der Waals surface area contributed by atoms with Crippen LogP contribution in [-0.4, -0.2) is 41.5 Å². The molecule has 0 amide bonds. The van der Waals surface area contributed by atoms with E-state index in [0.29, 0.717) is 35.8 Å². The van der Waals surface area contributed by atoms with Crippen LogP contribution in [0, 0.1) is 23.7 Å². The highest BCUT2D eigenvalue weighted by atomic mass is 35.5. The van der Waals surface area contributed by atoms with Gasteiger partial charge in [0.05, 0.1) is 28.4 Å². The number of nitrogens with one attached hydrogen (secondary N) is 2. The summed E-state index contributed by atoms with van der Waals surface area (Å²) in [6.45, 7) is 11.5. The fourth-order valence-corrected chi connectivity index (χ4v) is 7.71. The van der Waals surface area contributed by atoms with Gasteiger partial charge in [-0.05, 0) is 122 Å². The molecule has 0 spiro atoms. The average Bonchev–Trinajstić information content (AvgIpc) is 3.05. The minimum atomic E-state index is 0. The molecule has 2 aromatic rings. The molecule has 2 aliphatic rings. The van der Waals surface area contributed by atoms with Gasteiger partial charge in [-0.1, -0.05) is 59.8 Å². The molecule has 4 unspecified atom stereocenters. The Hall–Kier alpha value is -2.15. The molecule has 0 aromatic heterocycles. The molecule has 2 aliphatic heterocycles. The maximum absolute atomic E-state index is 5.72. The summed E-state index contributed by atoms with van der Waals surface area (Å²) in [6, 6.07) is 9.66. The minimum absolute atomic E-state index is 0. The Bertz CT molecular complexity index is 1110. The molecular formula is C39H63ClN2O4. The van der Waals surface area contributed by atoms with Gasteiger partial charge in [0.25, 0.3) is 0 Å². The fraction of sp³-hybridized carbons (Fsp3) is 0.692. The first kappa shape index (κ1) is 38.3. The molecule has 260 valence electrons. The average molecular weight is 659 g/mol. The molecule has 7 heteroatoms. The van der Waals surface area contributed by atoms with Gasteiger partial charge in [-0.2, -0.15) is 0 Å². The van der Waals surface area contributed by atoms with Crippen molar-refractivity contribution in [2.45, 2.75) is 110 Å². The van der Waals surface area contributed by atoms with Crippen molar-refractivity contribution in [3.8, 4) is 23.0 Å². The predicted octanol–water partition coefficient (Wildman–Crippen LogP) is 9.27. The third-order valence-electron chi connectivity index (χ3n) is 10.3. The lowest BCUT2D eigenvalue weighted by Gasteiger charge is -2.35. The highest BCUT2D eigenvalue weighted by molar-refractivity contribution is 5.85. The number of hydrogen-bond acceptors (Lipinski definition) is 6. The van der Waals surface area contributed by atoms with Crippen LogP contribution in [0.25, 0.3) is 0 Å². The van der Waals surface area contributed by atoms with Crippen LogP contribution in [0.4, 0.5) is 0 Å². The molecule has 2 aromatic carbocycles. The standard InChI is InChI=1S/C39H62N2O4.ClH/c1-26(2)14-16-28(38-32-24-36(44-7)34(42-5)22-30(32)18-20-40-38)12-10-9-11-13-29(17-15-27(3)4)39-33-25-37(45-8)35(43-6)23-31(33)19-21-41-39;/h22-29,38-41H,9-21H2,1-8H3;1H. The van der Waals surface area contributed by atoms with E-state index in [2.05, 4.69) is 62.6 Å². The lowest BCUT2D eigenvalue weighted by Crippen LogP contribution is -2.35. The summed E-state index contributed by atoms with van der Waals surface area (Å²) in [5, 5.41) is 7.84. The van der Waals surface area contributed by atoms with E-state index in [1.165, 1.54) is 80.0 Å². The summed E-state index contributed by atoms with van der Waals surface area (Å²) in [4.78, 5) is 0. The second kappa shape index (κ2) is 19.0. The summed E-state index contributed by atoms with van der Waals surface area (Å²) >= 11 is 0. The molecule has 0 bridgehead atoms. The monoisotopic (exact) mass is 658 g/mol. The van der Waals surface area contributed by atoms with Crippen LogP contribution in [0.2, 0.25) is 0 Å². The Labute approximate surface area is 286 Å². The Balaban J connectivity index is 0.00000576. The second-order valence-corrected chi connectivity index (χ2v) is 14.3. The number of unbranched alkanes of at least 4 members (excludes halogenated alkanes) is 2. The first-order valence-corrected chi connectivity index (χ1v) is 17.8. The normalized spacial score (nSPS) is 18.7. The van der Waals surface area contributed by atoms with Gasteiger partial charge in [-0.25, -0.2) is 0 Å². The van der Waals surface area contributed by atoms with Crippen LogP contribution in [0.5, 0.6) is 23.0 Å². The first-order chi connectivity index (χ1) is 21.8. The Kier molecular flexibility index (Phi) is 15.8. The Morgan fingerprint density at radius 2 is 0.913 bits per heavy atom. The van der Waals surface area contributed by atoms with E-state index in [1.807, 2.05) is 0 Å². The van der Waals surface area contributed by atoms with Crippen LogP contribution in [0.15, 0.2) is 24.3 Å². The molecular weight excluding hydrogens is 596 g/mol. The van der Waals surface area contributed by atoms with Crippen molar-refractivity contribution < 1.29 is 18.9 Å². The highest BCUT2D eigenvalue weighted by Crippen LogP contribution is 2.42. The van der Waals surface area contributed by atoms with Gasteiger partial charge < -0.3 is 29.6 Å². The SMILES string of the molecule is COc1cc2c(cc1OC)C(C(CCCCCC(CCC(C)C)C1NCCc3cc(OC)c(OC)cc31)CCC(C)C)NCC2.Cl. The van der Waals surface area contributed by atoms with Gasteiger partial charge in [-0.3, -0.25) is 0 Å². The van der Waals surface area contributed by atoms with Crippen LogP contribution < -0.4 is 29.6 Å². The number of ether oxygens (including phenoxy) is 4. The lowest BCUT2D eigenvalue weighted by atomic mass is 9.79. The van der Waals surface area contributed by atoms with Gasteiger partial charge >= 0.3 is 0 Å². The van der Waals surface area contributed by atoms with E-state index in [-0.39, 0.29) is 12.4 Å². The van der Waals surface area contributed by atoms with Crippen LogP contribution in [-0.2, 0) is 12.8 Å². The molecule has 6 nitrogen and oxygen atoms in total. The summed E-state index contributed by atoms with van der Waals surface area (Å²) in [5.74, 6) is 6.04. The largest absolute Gasteiger partial charge is 0.493 e. The molecule has 0 aliphatic carbocycles. The molecule has 4 atom stereocenters. The zero-order chi connectivity index (χ0) is 32.3. The van der Waals surface area contributed by atoms with E-state index >= 15 is 0 Å². The summed E-state index contributed by atoms with van der Waals surface area (Å²) in [7, 11) is 6.96. The number of benzene rings is 2. The quantitative estimate of drug-likeness (QED) is 0.156. The lowest BCUT2D eigenvalue weighted by molar-refractivity contribution is 0.269. The van der Waals surface area contributed by atoms with Crippen molar-refractivity contribution in [1.82, 2.24) is 10.6 Å². The summed E-state index contributed by atoms with van der Waals surface area (Å²) < 4.78 is 22.7. The summed E-state index contributed by atoms with van der Waals surface area (Å²) in [6.07, 6.45) is 13.5. The second-order valence-electron chi connectivity index (χ2n) is 14.3. The maximum atomic E-state index is 5.72. The molecule has 0 saturated carbocycles. The van der Waals surface area contributed by atoms with Gasteiger partial charge in [-0.15, -0.1) is 12.4 Å². The Morgan fingerprint density at radius 3 is 1.26 bits per heavy atom. The molecule has 0 fully saturated rings. The van der Waals surface area contributed by atoms with Crippen LogP contribution >= 0.6 is 12.4 Å². The zero-order valence-corrected chi connectivity index (χ0v) is 30.8. The smallest absolute Gasteiger partial charge is 0.161 e. The van der Waals surface area contributed by atoms with Crippen molar-refractivity contribution in [2.75, 3.05) is 41.5 Å². The van der Waals surface area contributed by atoms with Gasteiger partial charge in [0, 0.05) is 12.1 Å². The third kappa shape index (κ3) is 9.93. The molecule has 2 N–H and O–H groups in total. The number of hydrogen-bond donors (Lipinski definition) is 2. The number of methoxy groups -OCH3 is 4. The molecule has 2 heterocycles. The third-order valence-corrected chi connectivity index (χ3v) is 10.3. The number of fused-ring (bicyclic) bond motifs is 2. The van der Waals surface area contributed by atoms with Gasteiger partial charge in [0.1, 0.15) is 0 Å². The molecule has 4 rings (SSSR count). The van der Waals surface area contributed by atoms with Crippen molar-refractivity contribution >= 4 is 12.4 Å². The molecule has 0 radical (unpaired) electrons. The Morgan fingerprint density at radius 1 is 0.543 bits per heavy atom. The van der Waals surface area contributed by atoms with Crippen molar-refractivity contribution in [2.24, 2.45) is 23.7 Å². The van der Waals surface area contributed by atoms with E-state index in [4.69, 9.17) is 18.9 Å². The zero-order valence-electron chi connectivity index (χ0n) is 30.0. The van der Waals surface area contributed by atoms with Gasteiger partial charge in [0.15, 0.2) is 23.0 Å². The van der Waals surface area contributed by atoms with Crippen LogP contribution in [0.1, 0.15) is 120 Å². The molecule has 46 heavy (non-hydrogen) atoms. The van der Waals surface area contributed by atoms with E-state index in [1.54, 1.807) is 28.4 Å². The van der Waals surface area contributed by atoms with E-state index < -0.39 is 0 Å². The summed E-state index contributed by atoms with van der Waals surface area (Å²) in [5.41, 5.74) is 5.65. The predicted molar refractivity (Wildman–Crippen MR) is 193 cm³/mol. The topological polar surface area (TPSA) is 61.0 Å². The number of rotatable bonds is 18. The van der Waals surface area contributed by atoms with Gasteiger partial charge in [0.2, 0.25) is 0 Å². The fourth-order valence-electron chi connectivity index (χ4n) is 7.71. The minimum Gasteiger partial charge on any atom is -0.493 e. The number of halogens is 1. The van der Waals surface area contributed by atoms with Crippen molar-refractivity contribution in [3.63, 3.8) is 0 Å². The highest BCUT2D eigenvalue weighted by Gasteiger charge is 2.31. The van der Waals surface area contributed by atoms with E-state index in [0.717, 1.165) is 48.9 Å². The maximum Gasteiger partial charge on any atom is 0.161 e. The molecule has 0 saturated heterocycles. The van der Waals surface area contributed by atoms with Crippen molar-refractivity contribution in [1.29, 1.82) is 0 Å².